The van der Waals surface area contributed by atoms with E-state index in [1.54, 1.807) is 17.6 Å². The van der Waals surface area contributed by atoms with Gasteiger partial charge in [-0.1, -0.05) is 6.42 Å². The molecular weight excluding hydrogens is 387 g/mol. The molecule has 0 radical (unpaired) electrons. The molecule has 2 aromatic rings. The predicted octanol–water partition coefficient (Wildman–Crippen LogP) is 3.42. The van der Waals surface area contributed by atoms with E-state index >= 15 is 0 Å². The smallest absolute Gasteiger partial charge is 0.256 e. The van der Waals surface area contributed by atoms with Crippen molar-refractivity contribution in [3.05, 3.63) is 52.1 Å². The van der Waals surface area contributed by atoms with Crippen LogP contribution in [0.2, 0.25) is 0 Å². The summed E-state index contributed by atoms with van der Waals surface area (Å²) in [7, 11) is 0. The third kappa shape index (κ3) is 4.95. The molecule has 8 heteroatoms. The maximum atomic E-state index is 13.6. The molecule has 1 aromatic heterocycles. The summed E-state index contributed by atoms with van der Waals surface area (Å²) < 4.78 is 13.6. The van der Waals surface area contributed by atoms with Gasteiger partial charge in [-0.15, -0.1) is 0 Å². The van der Waals surface area contributed by atoms with Crippen molar-refractivity contribution in [3.8, 4) is 0 Å². The molecule has 0 fully saturated rings. The van der Waals surface area contributed by atoms with Crippen LogP contribution in [0.25, 0.3) is 11.6 Å². The molecule has 0 bridgehead atoms. The van der Waals surface area contributed by atoms with Gasteiger partial charge in [0.05, 0.1) is 5.57 Å². The third-order valence-corrected chi connectivity index (χ3v) is 5.37. The zero-order valence-corrected chi connectivity index (χ0v) is 17.2. The van der Waals surface area contributed by atoms with Crippen molar-refractivity contribution in [1.29, 1.82) is 0 Å². The van der Waals surface area contributed by atoms with Crippen LogP contribution in [0.15, 0.2) is 18.2 Å². The number of aromatic nitrogens is 1. The zero-order chi connectivity index (χ0) is 21.7. The number of carbonyl (C=O) groups is 2. The van der Waals surface area contributed by atoms with E-state index in [9.17, 15) is 14.0 Å². The van der Waals surface area contributed by atoms with Crippen LogP contribution in [-0.4, -0.2) is 28.6 Å². The van der Waals surface area contributed by atoms with E-state index in [0.717, 1.165) is 48.3 Å². The lowest BCUT2D eigenvalue weighted by molar-refractivity contribution is -0.129. The Labute approximate surface area is 174 Å². The van der Waals surface area contributed by atoms with E-state index in [-0.39, 0.29) is 17.6 Å². The lowest BCUT2D eigenvalue weighted by Crippen LogP contribution is -2.18. The number of rotatable bonds is 9. The first-order valence-corrected chi connectivity index (χ1v) is 10.1. The number of aromatic amines is 1. The first-order chi connectivity index (χ1) is 14.4. The molecule has 160 valence electrons. The largest absolute Gasteiger partial charge is 0.359 e. The van der Waals surface area contributed by atoms with Crippen LogP contribution in [0.5, 0.6) is 0 Å². The number of halogens is 1. The predicted molar refractivity (Wildman–Crippen MR) is 113 cm³/mol. The summed E-state index contributed by atoms with van der Waals surface area (Å²) in [6.45, 7) is 5.49. The summed E-state index contributed by atoms with van der Waals surface area (Å²) in [4.78, 5) is 26.6. The summed E-state index contributed by atoms with van der Waals surface area (Å²) in [6, 6.07) is 4.27. The number of hydroxylamine groups is 1. The van der Waals surface area contributed by atoms with Gasteiger partial charge in [-0.3, -0.25) is 14.8 Å². The molecular formula is C22H27FN4O3. The monoisotopic (exact) mass is 414 g/mol. The summed E-state index contributed by atoms with van der Waals surface area (Å²) >= 11 is 0. The second-order valence-electron chi connectivity index (χ2n) is 7.49. The Morgan fingerprint density at radius 2 is 2.03 bits per heavy atom. The summed E-state index contributed by atoms with van der Waals surface area (Å²) in [6.07, 6.45) is 4.66. The van der Waals surface area contributed by atoms with Crippen LogP contribution in [-0.2, 0) is 16.1 Å². The number of anilines is 1. The van der Waals surface area contributed by atoms with Crippen LogP contribution in [0.1, 0.15) is 53.8 Å². The molecule has 5 N–H and O–H groups in total. The average molecular weight is 414 g/mol. The summed E-state index contributed by atoms with van der Waals surface area (Å²) in [5, 5.41) is 14.6. The maximum Gasteiger partial charge on any atom is 0.256 e. The van der Waals surface area contributed by atoms with Crippen molar-refractivity contribution in [1.82, 2.24) is 15.8 Å². The molecule has 0 unspecified atom stereocenters. The van der Waals surface area contributed by atoms with Crippen LogP contribution < -0.4 is 16.1 Å². The Morgan fingerprint density at radius 1 is 1.23 bits per heavy atom. The fraction of sp³-hybridized carbons (Fsp3) is 0.364. The van der Waals surface area contributed by atoms with Crippen molar-refractivity contribution in [2.45, 2.75) is 46.1 Å². The molecule has 0 saturated carbocycles. The van der Waals surface area contributed by atoms with Gasteiger partial charge in [-0.25, -0.2) is 9.87 Å². The number of fused-ring (bicyclic) bond motifs is 1. The topological polar surface area (TPSA) is 106 Å². The first-order valence-electron chi connectivity index (χ1n) is 10.1. The molecule has 3 rings (SSSR count). The van der Waals surface area contributed by atoms with E-state index in [0.29, 0.717) is 29.8 Å². The van der Waals surface area contributed by atoms with Crippen molar-refractivity contribution < 1.29 is 19.2 Å². The van der Waals surface area contributed by atoms with E-state index in [1.807, 2.05) is 13.8 Å². The number of benzene rings is 1. The van der Waals surface area contributed by atoms with Gasteiger partial charge in [-0.2, -0.15) is 0 Å². The quantitative estimate of drug-likeness (QED) is 0.188. The molecule has 1 aliphatic heterocycles. The Morgan fingerprint density at radius 3 is 2.80 bits per heavy atom. The van der Waals surface area contributed by atoms with Gasteiger partial charge < -0.3 is 15.6 Å². The SMILES string of the molecule is Cc1[nH]c(/C=C2\C(=O)Nc3ccc(F)cc32)c(C)c1CNCCCCCC(=O)NO. The van der Waals surface area contributed by atoms with Gasteiger partial charge >= 0.3 is 0 Å². The standard InChI is InChI=1S/C22H27FN4O3/c1-13-18(12-24-9-5-3-4-6-21(28)27-30)14(2)25-20(13)11-17-16-10-15(23)7-8-19(16)26-22(17)29/h7-8,10-11,24-25,30H,3-6,9,12H2,1-2H3,(H,26,29)(H,27,28)/b17-11-. The van der Waals surface area contributed by atoms with Gasteiger partial charge in [0, 0.05) is 35.6 Å². The van der Waals surface area contributed by atoms with E-state index in [1.165, 1.54) is 12.1 Å². The van der Waals surface area contributed by atoms with Crippen LogP contribution >= 0.6 is 0 Å². The van der Waals surface area contributed by atoms with Crippen LogP contribution in [0.3, 0.4) is 0 Å². The zero-order valence-electron chi connectivity index (χ0n) is 17.2. The normalized spacial score (nSPS) is 14.1. The van der Waals surface area contributed by atoms with Crippen LogP contribution in [0, 0.1) is 19.7 Å². The highest BCUT2D eigenvalue weighted by Gasteiger charge is 2.25. The van der Waals surface area contributed by atoms with Gasteiger partial charge in [0.25, 0.3) is 5.91 Å². The van der Waals surface area contributed by atoms with E-state index in [2.05, 4.69) is 15.6 Å². The fourth-order valence-corrected chi connectivity index (χ4v) is 3.65. The average Bonchev–Trinajstić information content (AvgIpc) is 3.17. The molecule has 0 spiro atoms. The second-order valence-corrected chi connectivity index (χ2v) is 7.49. The minimum atomic E-state index is -0.377. The minimum absolute atomic E-state index is 0.239. The van der Waals surface area contributed by atoms with Crippen LogP contribution in [0.4, 0.5) is 10.1 Å². The molecule has 2 heterocycles. The van der Waals surface area contributed by atoms with Crippen molar-refractivity contribution >= 4 is 29.2 Å². The molecule has 1 aromatic carbocycles. The van der Waals surface area contributed by atoms with Crippen molar-refractivity contribution in [2.24, 2.45) is 0 Å². The Hall–Kier alpha value is -2.97. The Bertz CT molecular complexity index is 981. The molecule has 0 atom stereocenters. The second kappa shape index (κ2) is 9.69. The fourth-order valence-electron chi connectivity index (χ4n) is 3.65. The third-order valence-electron chi connectivity index (χ3n) is 5.37. The Kier molecular flexibility index (Phi) is 7.02. The molecule has 30 heavy (non-hydrogen) atoms. The molecule has 7 nitrogen and oxygen atoms in total. The molecule has 0 aliphatic carbocycles. The number of hydrogen-bond donors (Lipinski definition) is 5. The van der Waals surface area contributed by atoms with Gasteiger partial charge in [-0.05, 0) is 68.6 Å². The molecule has 1 aliphatic rings. The maximum absolute atomic E-state index is 13.6. The highest BCUT2D eigenvalue weighted by molar-refractivity contribution is 6.34. The number of unbranched alkanes of at least 4 members (excludes halogenated alkanes) is 2. The van der Waals surface area contributed by atoms with Gasteiger partial charge in [0.15, 0.2) is 0 Å². The Balaban J connectivity index is 1.61. The molecule has 2 amide bonds. The summed E-state index contributed by atoms with van der Waals surface area (Å²) in [5.41, 5.74) is 7.30. The van der Waals surface area contributed by atoms with Gasteiger partial charge in [0.2, 0.25) is 5.91 Å². The number of H-pyrrole nitrogens is 1. The van der Waals surface area contributed by atoms with Crippen molar-refractivity contribution in [2.75, 3.05) is 11.9 Å². The van der Waals surface area contributed by atoms with E-state index in [4.69, 9.17) is 5.21 Å². The van der Waals surface area contributed by atoms with E-state index < -0.39 is 0 Å². The lowest BCUT2D eigenvalue weighted by Gasteiger charge is -2.06. The number of nitrogens with one attached hydrogen (secondary N) is 4. The summed E-state index contributed by atoms with van der Waals surface area (Å²) in [5.74, 6) is -0.973. The number of hydrogen-bond acceptors (Lipinski definition) is 4. The number of aryl methyl sites for hydroxylation is 1. The van der Waals surface area contributed by atoms with Gasteiger partial charge in [0.1, 0.15) is 5.82 Å². The first kappa shape index (κ1) is 21.7. The van der Waals surface area contributed by atoms with Crippen molar-refractivity contribution in [3.63, 3.8) is 0 Å². The lowest BCUT2D eigenvalue weighted by atomic mass is 10.0. The number of carbonyl (C=O) groups excluding carboxylic acids is 2. The highest BCUT2D eigenvalue weighted by atomic mass is 19.1. The highest BCUT2D eigenvalue weighted by Crippen LogP contribution is 2.34. The number of amides is 2. The molecule has 0 saturated heterocycles. The minimum Gasteiger partial charge on any atom is -0.359 e.